The van der Waals surface area contributed by atoms with Crippen molar-refractivity contribution < 1.29 is 13.5 Å². The fourth-order valence-electron chi connectivity index (χ4n) is 2.09. The normalized spacial score (nSPS) is 19.3. The number of ether oxygens (including phenoxy) is 1. The van der Waals surface area contributed by atoms with E-state index in [2.05, 4.69) is 5.32 Å². The molecule has 2 rings (SSSR count). The van der Waals surface area contributed by atoms with Crippen molar-refractivity contribution in [1.82, 2.24) is 5.32 Å². The molecule has 1 atom stereocenters. The number of methoxy groups -OCH3 is 1. The van der Waals surface area contributed by atoms with E-state index in [1.165, 1.54) is 13.2 Å². The van der Waals surface area contributed by atoms with Gasteiger partial charge in [-0.15, -0.1) is 12.4 Å². The molecule has 1 aliphatic rings. The summed E-state index contributed by atoms with van der Waals surface area (Å²) in [4.78, 5) is 1.87. The van der Waals surface area contributed by atoms with Crippen molar-refractivity contribution in [2.75, 3.05) is 31.6 Å². The first-order chi connectivity index (χ1) is 8.13. The molecule has 0 spiro atoms. The molecule has 0 radical (unpaired) electrons. The predicted molar refractivity (Wildman–Crippen MR) is 69.8 cm³/mol. The van der Waals surface area contributed by atoms with Crippen molar-refractivity contribution in [3.05, 3.63) is 23.8 Å². The molecule has 1 N–H and O–H groups in total. The van der Waals surface area contributed by atoms with Gasteiger partial charge < -0.3 is 15.0 Å². The molecule has 0 unspecified atom stereocenters. The molecule has 3 nitrogen and oxygen atoms in total. The van der Waals surface area contributed by atoms with Crippen LogP contribution in [0.4, 0.5) is 14.5 Å². The zero-order valence-corrected chi connectivity index (χ0v) is 11.2. The van der Waals surface area contributed by atoms with E-state index in [-0.39, 0.29) is 24.2 Å². The lowest BCUT2D eigenvalue weighted by atomic mass is 10.1. The average molecular weight is 279 g/mol. The number of anilines is 1. The summed E-state index contributed by atoms with van der Waals surface area (Å²) in [7, 11) is 1.32. The summed E-state index contributed by atoms with van der Waals surface area (Å²) in [6.07, 6.45) is 0. The molecule has 6 heteroatoms. The molecule has 0 aliphatic carbocycles. The average Bonchev–Trinajstić information content (AvgIpc) is 2.32. The van der Waals surface area contributed by atoms with Crippen LogP contribution in [0, 0.1) is 11.6 Å². The van der Waals surface area contributed by atoms with Crippen LogP contribution in [0.2, 0.25) is 0 Å². The summed E-state index contributed by atoms with van der Waals surface area (Å²) < 4.78 is 32.2. The van der Waals surface area contributed by atoms with Gasteiger partial charge in [-0.25, -0.2) is 8.78 Å². The maximum absolute atomic E-state index is 13.9. The summed E-state index contributed by atoms with van der Waals surface area (Å²) in [5, 5.41) is 3.21. The van der Waals surface area contributed by atoms with E-state index in [9.17, 15) is 8.78 Å². The fourth-order valence-corrected chi connectivity index (χ4v) is 2.09. The van der Waals surface area contributed by atoms with Crippen LogP contribution in [0.25, 0.3) is 0 Å². The van der Waals surface area contributed by atoms with Crippen LogP contribution in [0.5, 0.6) is 5.75 Å². The molecular weight excluding hydrogens is 262 g/mol. The molecule has 0 saturated carbocycles. The van der Waals surface area contributed by atoms with E-state index in [4.69, 9.17) is 4.74 Å². The maximum Gasteiger partial charge on any atom is 0.167 e. The Morgan fingerprint density at radius 2 is 2.06 bits per heavy atom. The second-order valence-electron chi connectivity index (χ2n) is 4.18. The van der Waals surface area contributed by atoms with Crippen LogP contribution in [0.3, 0.4) is 0 Å². The first-order valence-electron chi connectivity index (χ1n) is 5.64. The first kappa shape index (κ1) is 15.0. The Labute approximate surface area is 112 Å². The van der Waals surface area contributed by atoms with Crippen molar-refractivity contribution in [3.63, 3.8) is 0 Å². The summed E-state index contributed by atoms with van der Waals surface area (Å²) in [6.45, 7) is 4.20. The van der Waals surface area contributed by atoms with Gasteiger partial charge in [-0.05, 0) is 6.92 Å². The van der Waals surface area contributed by atoms with Crippen molar-refractivity contribution in [1.29, 1.82) is 0 Å². The van der Waals surface area contributed by atoms with Crippen LogP contribution >= 0.6 is 12.4 Å². The van der Waals surface area contributed by atoms with Crippen molar-refractivity contribution in [2.45, 2.75) is 13.0 Å². The Balaban J connectivity index is 0.00000162. The van der Waals surface area contributed by atoms with E-state index >= 15 is 0 Å². The molecule has 1 aliphatic heterocycles. The monoisotopic (exact) mass is 278 g/mol. The standard InChI is InChI=1S/C12H16F2N2O.ClH/c1-8-7-15-3-4-16(8)11-5-10(14)12(17-2)6-9(11)13;/h5-6,8,15H,3-4,7H2,1-2H3;1H/t8-;/m1./s1. The molecule has 1 heterocycles. The quantitative estimate of drug-likeness (QED) is 0.898. The molecule has 1 fully saturated rings. The number of rotatable bonds is 2. The van der Waals surface area contributed by atoms with Gasteiger partial charge in [0.05, 0.1) is 12.8 Å². The van der Waals surface area contributed by atoms with Gasteiger partial charge in [-0.3, -0.25) is 0 Å². The molecule has 1 aromatic rings. The third-order valence-electron chi connectivity index (χ3n) is 3.03. The highest BCUT2D eigenvalue weighted by Gasteiger charge is 2.22. The van der Waals surface area contributed by atoms with E-state index in [0.717, 1.165) is 19.2 Å². The topological polar surface area (TPSA) is 24.5 Å². The summed E-state index contributed by atoms with van der Waals surface area (Å²) in [5.41, 5.74) is 0.303. The lowest BCUT2D eigenvalue weighted by molar-refractivity contribution is 0.382. The highest BCUT2D eigenvalue weighted by molar-refractivity contribution is 5.85. The van der Waals surface area contributed by atoms with E-state index in [0.29, 0.717) is 12.2 Å². The van der Waals surface area contributed by atoms with E-state index < -0.39 is 11.6 Å². The Morgan fingerprint density at radius 1 is 1.33 bits per heavy atom. The van der Waals surface area contributed by atoms with Crippen LogP contribution in [-0.4, -0.2) is 32.8 Å². The number of hydrogen-bond acceptors (Lipinski definition) is 3. The minimum atomic E-state index is -0.533. The zero-order chi connectivity index (χ0) is 12.4. The molecule has 1 aromatic carbocycles. The van der Waals surface area contributed by atoms with Crippen molar-refractivity contribution in [3.8, 4) is 5.75 Å². The first-order valence-corrected chi connectivity index (χ1v) is 5.64. The summed E-state index contributed by atoms with van der Waals surface area (Å²) >= 11 is 0. The number of halogens is 3. The highest BCUT2D eigenvalue weighted by Crippen LogP contribution is 2.28. The van der Waals surface area contributed by atoms with Gasteiger partial charge in [0.25, 0.3) is 0 Å². The molecule has 0 aromatic heterocycles. The van der Waals surface area contributed by atoms with Crippen LogP contribution in [0.15, 0.2) is 12.1 Å². The van der Waals surface area contributed by atoms with Gasteiger partial charge in [-0.2, -0.15) is 0 Å². The number of benzene rings is 1. The van der Waals surface area contributed by atoms with Gasteiger partial charge in [0, 0.05) is 37.8 Å². The van der Waals surface area contributed by atoms with E-state index in [1.54, 1.807) is 0 Å². The Kier molecular flexibility index (Phi) is 5.16. The SMILES string of the molecule is COc1cc(F)c(N2CCNC[C@H]2C)cc1F.Cl. The lowest BCUT2D eigenvalue weighted by Gasteiger charge is -2.36. The molecule has 102 valence electrons. The van der Waals surface area contributed by atoms with Crippen molar-refractivity contribution in [2.24, 2.45) is 0 Å². The molecule has 1 saturated heterocycles. The number of nitrogens with one attached hydrogen (secondary N) is 1. The number of piperazine rings is 1. The Bertz CT molecular complexity index is 417. The predicted octanol–water partition coefficient (Wildman–Crippen LogP) is 2.19. The van der Waals surface area contributed by atoms with Crippen LogP contribution in [-0.2, 0) is 0 Å². The van der Waals surface area contributed by atoms with Crippen molar-refractivity contribution >= 4 is 18.1 Å². The third kappa shape index (κ3) is 2.84. The van der Waals surface area contributed by atoms with Gasteiger partial charge in [0.1, 0.15) is 5.82 Å². The highest BCUT2D eigenvalue weighted by atomic mass is 35.5. The summed E-state index contributed by atoms with van der Waals surface area (Å²) in [5.74, 6) is -1.04. The molecular formula is C12H17ClF2N2O. The Morgan fingerprint density at radius 3 is 2.67 bits per heavy atom. The summed E-state index contributed by atoms with van der Waals surface area (Å²) in [6, 6.07) is 2.45. The lowest BCUT2D eigenvalue weighted by Crippen LogP contribution is -2.50. The molecule has 0 amide bonds. The minimum absolute atomic E-state index is 0. The third-order valence-corrected chi connectivity index (χ3v) is 3.03. The van der Waals surface area contributed by atoms with Gasteiger partial charge in [-0.1, -0.05) is 0 Å². The smallest absolute Gasteiger partial charge is 0.167 e. The maximum atomic E-state index is 13.9. The zero-order valence-electron chi connectivity index (χ0n) is 10.4. The number of nitrogens with zero attached hydrogens (tertiary/aromatic N) is 1. The molecule has 0 bridgehead atoms. The molecule has 18 heavy (non-hydrogen) atoms. The van der Waals surface area contributed by atoms with Crippen LogP contribution in [0.1, 0.15) is 6.92 Å². The second kappa shape index (κ2) is 6.20. The van der Waals surface area contributed by atoms with Gasteiger partial charge in [0.2, 0.25) is 0 Å². The van der Waals surface area contributed by atoms with Crippen LogP contribution < -0.4 is 15.0 Å². The number of hydrogen-bond donors (Lipinski definition) is 1. The van der Waals surface area contributed by atoms with Gasteiger partial charge >= 0.3 is 0 Å². The Hall–Kier alpha value is -1.07. The minimum Gasteiger partial charge on any atom is -0.494 e. The van der Waals surface area contributed by atoms with Gasteiger partial charge in [0.15, 0.2) is 11.6 Å². The van der Waals surface area contributed by atoms with E-state index in [1.807, 2.05) is 11.8 Å². The second-order valence-corrected chi connectivity index (χ2v) is 4.18. The fraction of sp³-hybridized carbons (Fsp3) is 0.500. The largest absolute Gasteiger partial charge is 0.494 e.